The van der Waals surface area contributed by atoms with Crippen LogP contribution in [0.15, 0.2) is 60.7 Å². The lowest BCUT2D eigenvalue weighted by molar-refractivity contribution is -0.154. The second-order valence-electron chi connectivity index (χ2n) is 13.1. The number of ether oxygens (including phenoxy) is 2. The number of alkyl halides is 3. The minimum Gasteiger partial charge on any atom is -0.492 e. The van der Waals surface area contributed by atoms with Crippen molar-refractivity contribution in [3.8, 4) is 11.8 Å². The zero-order chi connectivity index (χ0) is 39.0. The van der Waals surface area contributed by atoms with E-state index in [4.69, 9.17) is 21.1 Å². The van der Waals surface area contributed by atoms with Crippen LogP contribution in [-0.2, 0) is 22.6 Å². The van der Waals surface area contributed by atoms with Crippen LogP contribution >= 0.6 is 11.6 Å². The van der Waals surface area contributed by atoms with Crippen LogP contribution in [0.4, 0.5) is 33.6 Å². The van der Waals surface area contributed by atoms with Gasteiger partial charge in [0.25, 0.3) is 5.91 Å². The molecule has 0 saturated carbocycles. The average molecular weight is 776 g/mol. The summed E-state index contributed by atoms with van der Waals surface area (Å²) in [5, 5.41) is 8.33. The fourth-order valence-electron chi connectivity index (χ4n) is 5.26. The second kappa shape index (κ2) is 17.0. The maximum Gasteiger partial charge on any atom is 0.422 e. The summed E-state index contributed by atoms with van der Waals surface area (Å²) < 4.78 is 76.6. The summed E-state index contributed by atoms with van der Waals surface area (Å²) >= 11 is 6.48. The van der Waals surface area contributed by atoms with Gasteiger partial charge < -0.3 is 30.3 Å². The Morgan fingerprint density at radius 2 is 1.72 bits per heavy atom. The monoisotopic (exact) mass is 775 g/mol. The fourth-order valence-corrected chi connectivity index (χ4v) is 5.52. The Kier molecular flexibility index (Phi) is 12.5. The fraction of sp³-hybridized carbons (Fsp3) is 0.333. The van der Waals surface area contributed by atoms with Crippen molar-refractivity contribution in [2.75, 3.05) is 43.5 Å². The van der Waals surface area contributed by atoms with Crippen LogP contribution in [0, 0.1) is 17.0 Å². The van der Waals surface area contributed by atoms with E-state index < -0.39 is 53.6 Å². The minimum absolute atomic E-state index is 0.0152. The molecule has 0 radical (unpaired) electrons. The number of anilines is 2. The number of nitrogens with zero attached hydrogens (tertiary/aromatic N) is 4. The average Bonchev–Trinajstić information content (AvgIpc) is 3.11. The van der Waals surface area contributed by atoms with Crippen LogP contribution < -0.4 is 25.4 Å². The number of carbonyl (C=O) groups is 3. The van der Waals surface area contributed by atoms with Crippen molar-refractivity contribution in [2.45, 2.75) is 39.4 Å². The smallest absolute Gasteiger partial charge is 0.422 e. The molecule has 0 unspecified atom stereocenters. The Morgan fingerprint density at radius 1 is 0.981 bits per heavy atom. The molecule has 0 spiro atoms. The lowest BCUT2D eigenvalue weighted by Crippen LogP contribution is -2.48. The van der Waals surface area contributed by atoms with Crippen LogP contribution in [0.5, 0.6) is 11.8 Å². The molecule has 0 saturated heterocycles. The molecular weight excluding hydrogens is 741 g/mol. The summed E-state index contributed by atoms with van der Waals surface area (Å²) in [7, 11) is 0. The van der Waals surface area contributed by atoms with Gasteiger partial charge in [0, 0.05) is 49.9 Å². The zero-order valence-corrected chi connectivity index (χ0v) is 29.8. The lowest BCUT2D eigenvalue weighted by Gasteiger charge is -2.32. The van der Waals surface area contributed by atoms with Gasteiger partial charge in [-0.15, -0.1) is 0 Å². The number of carbonyl (C=O) groups excluding carboxylic acids is 3. The topological polar surface area (TPSA) is 148 Å². The highest BCUT2D eigenvalue weighted by Crippen LogP contribution is 2.27. The maximum absolute atomic E-state index is 13.8. The van der Waals surface area contributed by atoms with Crippen LogP contribution in [0.3, 0.4) is 0 Å². The van der Waals surface area contributed by atoms with Gasteiger partial charge in [0.05, 0.1) is 11.6 Å². The summed E-state index contributed by atoms with van der Waals surface area (Å²) in [6.07, 6.45) is -4.30. The number of nitrogens with one attached hydrogen (secondary N) is 3. The minimum atomic E-state index is -4.62. The van der Waals surface area contributed by atoms with E-state index in [0.717, 1.165) is 18.2 Å². The first-order valence-electron chi connectivity index (χ1n) is 16.6. The first kappa shape index (κ1) is 39.6. The molecule has 4 aromatic rings. The largest absolute Gasteiger partial charge is 0.492 e. The van der Waals surface area contributed by atoms with E-state index in [9.17, 15) is 36.3 Å². The number of benzene rings is 3. The highest BCUT2D eigenvalue weighted by Gasteiger charge is 2.30. The van der Waals surface area contributed by atoms with Crippen molar-refractivity contribution in [3.05, 3.63) is 99.8 Å². The third kappa shape index (κ3) is 11.5. The predicted molar refractivity (Wildman–Crippen MR) is 187 cm³/mol. The molecule has 0 atom stereocenters. The van der Waals surface area contributed by atoms with Gasteiger partial charge in [0.15, 0.2) is 18.2 Å². The van der Waals surface area contributed by atoms with Gasteiger partial charge in [0.1, 0.15) is 11.6 Å². The molecule has 6 bridgehead atoms. The molecule has 1 aromatic heterocycles. The molecule has 12 nitrogen and oxygen atoms in total. The molecular formula is C36H35ClF5N7O5. The van der Waals surface area contributed by atoms with Gasteiger partial charge in [-0.1, -0.05) is 43.6 Å². The molecule has 54 heavy (non-hydrogen) atoms. The lowest BCUT2D eigenvalue weighted by atomic mass is 9.92. The summed E-state index contributed by atoms with van der Waals surface area (Å²) in [5.41, 5.74) is 0.720. The van der Waals surface area contributed by atoms with E-state index in [-0.39, 0.29) is 68.1 Å². The first-order chi connectivity index (χ1) is 25.5. The molecule has 4 aliphatic heterocycles. The Hall–Kier alpha value is -5.58. The van der Waals surface area contributed by atoms with Gasteiger partial charge in [-0.2, -0.15) is 28.1 Å². The summed E-state index contributed by atoms with van der Waals surface area (Å²) in [4.78, 5) is 53.2. The number of amides is 3. The molecule has 8 rings (SSSR count). The Labute approximate surface area is 311 Å². The summed E-state index contributed by atoms with van der Waals surface area (Å²) in [5.74, 6) is -4.35. The van der Waals surface area contributed by atoms with Crippen molar-refractivity contribution in [1.82, 2.24) is 25.2 Å². The number of hydrogen-bond acceptors (Lipinski definition) is 9. The maximum atomic E-state index is 13.8. The van der Waals surface area contributed by atoms with Gasteiger partial charge in [-0.05, 0) is 59.4 Å². The summed E-state index contributed by atoms with van der Waals surface area (Å²) in [6.45, 7) is 2.32. The zero-order valence-electron chi connectivity index (χ0n) is 29.0. The van der Waals surface area contributed by atoms with Crippen molar-refractivity contribution in [3.63, 3.8) is 0 Å². The Bertz CT molecular complexity index is 2000. The molecule has 4 aliphatic rings. The number of aromatic nitrogens is 3. The number of halogens is 6. The second-order valence-corrected chi connectivity index (χ2v) is 13.5. The third-order valence-corrected chi connectivity index (χ3v) is 8.18. The van der Waals surface area contributed by atoms with E-state index in [0.29, 0.717) is 22.4 Å². The van der Waals surface area contributed by atoms with Crippen molar-refractivity contribution in [2.24, 2.45) is 5.41 Å². The highest BCUT2D eigenvalue weighted by atomic mass is 35.5. The molecule has 286 valence electrons. The van der Waals surface area contributed by atoms with E-state index in [2.05, 4.69) is 30.9 Å². The van der Waals surface area contributed by atoms with E-state index >= 15 is 0 Å². The third-order valence-electron chi connectivity index (χ3n) is 7.89. The molecule has 3 amide bonds. The quantitative estimate of drug-likeness (QED) is 0.170. The van der Waals surface area contributed by atoms with Crippen LogP contribution in [0.1, 0.15) is 47.6 Å². The molecule has 0 fully saturated rings. The van der Waals surface area contributed by atoms with Gasteiger partial charge >= 0.3 is 24.0 Å². The van der Waals surface area contributed by atoms with Gasteiger partial charge in [-0.25, -0.2) is 8.78 Å². The number of hydrogen-bond donors (Lipinski definition) is 3. The van der Waals surface area contributed by atoms with Crippen LogP contribution in [-0.4, -0.2) is 76.6 Å². The highest BCUT2D eigenvalue weighted by molar-refractivity contribution is 6.39. The molecule has 3 N–H and O–H groups in total. The molecule has 3 aromatic carbocycles. The molecule has 0 aliphatic carbocycles. The Morgan fingerprint density at radius 3 is 2.43 bits per heavy atom. The predicted octanol–water partition coefficient (Wildman–Crippen LogP) is 5.95. The van der Waals surface area contributed by atoms with E-state index in [1.807, 2.05) is 0 Å². The SMILES string of the molecule is CC1(C)CNC(=O)c2ccc(cc2)Cc2nc(nc(OCC(F)(F)F)n2)NCc2ccc(c(Cl)c2)OCCCN(C(=O)C(=O)Nc2ccc(F)c(F)c2)C1. The van der Waals surface area contributed by atoms with Crippen LogP contribution in [0.25, 0.3) is 0 Å². The molecule has 18 heteroatoms. The van der Waals surface area contributed by atoms with Crippen molar-refractivity contribution in [1.29, 1.82) is 0 Å². The standard InChI is InChI=1S/C36H35ClF5N7O5/c1-35(2)18-44-30(50)23-7-4-21(5-8-23)15-29-46-33(48-34(47-29)54-20-36(40,41)42)43-17-22-6-11-28(25(37)14-22)53-13-3-12-49(19-35)32(52)31(51)45-24-9-10-26(38)27(39)16-24/h4-11,14,16H,3,12-13,15,17-20H2,1-2H3,(H,44,50)(H,45,51)(H,43,46,47,48). The van der Waals surface area contributed by atoms with E-state index in [1.54, 1.807) is 56.3 Å². The first-order valence-corrected chi connectivity index (χ1v) is 16.9. The number of rotatable bonds is 3. The van der Waals surface area contributed by atoms with Crippen LogP contribution in [0.2, 0.25) is 5.02 Å². The molecule has 5 heterocycles. The van der Waals surface area contributed by atoms with Crippen molar-refractivity contribution >= 4 is 41.0 Å². The normalized spacial score (nSPS) is 15.3. The summed E-state index contributed by atoms with van der Waals surface area (Å²) in [6, 6.07) is 13.5. The Balaban J connectivity index is 1.38. The van der Waals surface area contributed by atoms with Gasteiger partial charge in [0.2, 0.25) is 5.95 Å². The van der Waals surface area contributed by atoms with Crippen molar-refractivity contribution < 1.29 is 45.8 Å². The van der Waals surface area contributed by atoms with Gasteiger partial charge in [-0.3, -0.25) is 14.4 Å². The van der Waals surface area contributed by atoms with E-state index in [1.165, 1.54) is 4.90 Å².